The zero-order chi connectivity index (χ0) is 55.7. The monoisotopic (exact) mass is 1080 g/mol. The fraction of sp³-hybridized carbons (Fsp3) is 0.915. The summed E-state index contributed by atoms with van der Waals surface area (Å²) in [5.41, 5.74) is 0. The molecule has 2 unspecified atom stereocenters. The van der Waals surface area contributed by atoms with Crippen LogP contribution in [0.25, 0.3) is 0 Å². The predicted molar refractivity (Wildman–Crippen MR) is 338 cm³/mol. The van der Waals surface area contributed by atoms with E-state index in [1.165, 1.54) is 321 Å². The summed E-state index contributed by atoms with van der Waals surface area (Å²) in [5, 5.41) is 23.1. The van der Waals surface area contributed by atoms with Crippen LogP contribution in [0.15, 0.2) is 24.3 Å². The quantitative estimate of drug-likeness (QED) is 0.0320. The lowest BCUT2D eigenvalue weighted by Gasteiger charge is -2.20. The van der Waals surface area contributed by atoms with Gasteiger partial charge in [0.15, 0.2) is 0 Å². The summed E-state index contributed by atoms with van der Waals surface area (Å²) < 4.78 is 5.49. The molecule has 0 radical (unpaired) electrons. The van der Waals surface area contributed by atoms with Crippen molar-refractivity contribution in [2.24, 2.45) is 0 Å². The van der Waals surface area contributed by atoms with Crippen LogP contribution in [0, 0.1) is 0 Å². The van der Waals surface area contributed by atoms with E-state index in [9.17, 15) is 19.8 Å². The average molecular weight is 1080 g/mol. The number of aliphatic hydroxyl groups is 2. The summed E-state index contributed by atoms with van der Waals surface area (Å²) in [7, 11) is 0. The molecular formula is C71H137NO5. The van der Waals surface area contributed by atoms with Gasteiger partial charge in [0.2, 0.25) is 5.91 Å². The fourth-order valence-electron chi connectivity index (χ4n) is 11.1. The Kier molecular flexibility index (Phi) is 65.4. The Hall–Kier alpha value is -1.66. The number of esters is 1. The first-order valence-electron chi connectivity index (χ1n) is 35.1. The van der Waals surface area contributed by atoms with Crippen molar-refractivity contribution in [1.82, 2.24) is 5.32 Å². The number of nitrogens with one attached hydrogen (secondary N) is 1. The van der Waals surface area contributed by atoms with Gasteiger partial charge >= 0.3 is 5.97 Å². The molecule has 456 valence electrons. The maximum atomic E-state index is 12.5. The van der Waals surface area contributed by atoms with Crippen LogP contribution in [-0.2, 0) is 14.3 Å². The third-order valence-electron chi connectivity index (χ3n) is 16.5. The van der Waals surface area contributed by atoms with Gasteiger partial charge in [-0.1, -0.05) is 346 Å². The first-order chi connectivity index (χ1) is 38.0. The van der Waals surface area contributed by atoms with E-state index in [1.807, 2.05) is 6.08 Å². The van der Waals surface area contributed by atoms with Gasteiger partial charge in [0.1, 0.15) is 0 Å². The molecule has 2 atom stereocenters. The first kappa shape index (κ1) is 75.3. The third-order valence-corrected chi connectivity index (χ3v) is 16.5. The molecule has 0 aliphatic carbocycles. The van der Waals surface area contributed by atoms with Crippen molar-refractivity contribution in [3.8, 4) is 0 Å². The van der Waals surface area contributed by atoms with Crippen molar-refractivity contribution < 1.29 is 24.5 Å². The maximum Gasteiger partial charge on any atom is 0.305 e. The van der Waals surface area contributed by atoms with Crippen molar-refractivity contribution in [2.75, 3.05) is 13.2 Å². The largest absolute Gasteiger partial charge is 0.466 e. The highest BCUT2D eigenvalue weighted by Crippen LogP contribution is 2.19. The van der Waals surface area contributed by atoms with Crippen LogP contribution in [0.3, 0.4) is 0 Å². The molecule has 0 aliphatic heterocycles. The molecule has 0 aromatic heterocycles. The summed E-state index contributed by atoms with van der Waals surface area (Å²) in [6.45, 7) is 4.92. The number of ether oxygens (including phenoxy) is 1. The fourth-order valence-corrected chi connectivity index (χ4v) is 11.1. The second-order valence-electron chi connectivity index (χ2n) is 24.2. The molecule has 0 aromatic rings. The molecule has 0 heterocycles. The van der Waals surface area contributed by atoms with Crippen molar-refractivity contribution in [3.63, 3.8) is 0 Å². The smallest absolute Gasteiger partial charge is 0.305 e. The van der Waals surface area contributed by atoms with Crippen LogP contribution in [0.5, 0.6) is 0 Å². The summed E-state index contributed by atoms with van der Waals surface area (Å²) in [6, 6.07) is -0.623. The van der Waals surface area contributed by atoms with Gasteiger partial charge in [0.05, 0.1) is 25.4 Å². The minimum Gasteiger partial charge on any atom is -0.466 e. The average Bonchev–Trinajstić information content (AvgIpc) is 3.43. The van der Waals surface area contributed by atoms with E-state index in [0.717, 1.165) is 44.9 Å². The Balaban J connectivity index is 3.32. The molecular weight excluding hydrogens is 947 g/mol. The SMILES string of the molecule is CCCCCCC/C=C\CCCCCCCC(=O)OCCCCCCCCCCCCCCCCCCCCCCCCCCCCCCCCCCC(=O)NC(CO)C(O)/C=C/CCCCCCCCCCCCCC. The van der Waals surface area contributed by atoms with E-state index < -0.39 is 12.1 Å². The normalized spacial score (nSPS) is 12.6. The van der Waals surface area contributed by atoms with Crippen molar-refractivity contribution in [2.45, 2.75) is 405 Å². The Morgan fingerprint density at radius 3 is 0.922 bits per heavy atom. The third kappa shape index (κ3) is 63.4. The van der Waals surface area contributed by atoms with Gasteiger partial charge < -0.3 is 20.3 Å². The van der Waals surface area contributed by atoms with Crippen LogP contribution < -0.4 is 5.32 Å². The lowest BCUT2D eigenvalue weighted by atomic mass is 10.0. The number of hydrogen-bond acceptors (Lipinski definition) is 5. The van der Waals surface area contributed by atoms with Crippen molar-refractivity contribution >= 4 is 11.9 Å². The Labute approximate surface area is 481 Å². The number of carbonyl (C=O) groups is 2. The number of aliphatic hydroxyl groups excluding tert-OH is 2. The zero-order valence-corrected chi connectivity index (χ0v) is 52.2. The second-order valence-corrected chi connectivity index (χ2v) is 24.2. The van der Waals surface area contributed by atoms with Gasteiger partial charge in [-0.15, -0.1) is 0 Å². The van der Waals surface area contributed by atoms with Gasteiger partial charge in [-0.3, -0.25) is 9.59 Å². The molecule has 77 heavy (non-hydrogen) atoms. The minimum atomic E-state index is -0.840. The topological polar surface area (TPSA) is 95.9 Å². The number of unbranched alkanes of at least 4 members (excludes halogenated alkanes) is 53. The summed E-state index contributed by atoms with van der Waals surface area (Å²) >= 11 is 0. The zero-order valence-electron chi connectivity index (χ0n) is 52.2. The molecule has 0 saturated carbocycles. The minimum absolute atomic E-state index is 0.0129. The Morgan fingerprint density at radius 1 is 0.351 bits per heavy atom. The molecule has 6 heteroatoms. The number of hydrogen-bond donors (Lipinski definition) is 3. The van der Waals surface area contributed by atoms with E-state index in [2.05, 4.69) is 31.3 Å². The summed E-state index contributed by atoms with van der Waals surface area (Å²) in [5.74, 6) is -0.0486. The van der Waals surface area contributed by atoms with Crippen LogP contribution in [0.4, 0.5) is 0 Å². The lowest BCUT2D eigenvalue weighted by Crippen LogP contribution is -2.45. The number of allylic oxidation sites excluding steroid dienone is 3. The molecule has 0 aliphatic rings. The molecule has 0 spiro atoms. The second kappa shape index (κ2) is 66.8. The Bertz CT molecular complexity index is 1200. The van der Waals surface area contributed by atoms with Crippen LogP contribution >= 0.6 is 0 Å². The van der Waals surface area contributed by atoms with Gasteiger partial charge in [0.25, 0.3) is 0 Å². The summed E-state index contributed by atoms with van der Waals surface area (Å²) in [6.07, 6.45) is 84.1. The predicted octanol–water partition coefficient (Wildman–Crippen LogP) is 22.5. The van der Waals surface area contributed by atoms with Crippen molar-refractivity contribution in [1.29, 1.82) is 0 Å². The van der Waals surface area contributed by atoms with Crippen LogP contribution in [0.2, 0.25) is 0 Å². The molecule has 6 nitrogen and oxygen atoms in total. The lowest BCUT2D eigenvalue weighted by molar-refractivity contribution is -0.143. The van der Waals surface area contributed by atoms with Gasteiger partial charge in [-0.2, -0.15) is 0 Å². The molecule has 3 N–H and O–H groups in total. The van der Waals surface area contributed by atoms with Gasteiger partial charge in [-0.25, -0.2) is 0 Å². The van der Waals surface area contributed by atoms with Gasteiger partial charge in [-0.05, 0) is 57.8 Å². The molecule has 1 amide bonds. The van der Waals surface area contributed by atoms with E-state index >= 15 is 0 Å². The van der Waals surface area contributed by atoms with E-state index in [4.69, 9.17) is 4.74 Å². The van der Waals surface area contributed by atoms with Crippen LogP contribution in [0.1, 0.15) is 393 Å². The highest BCUT2D eigenvalue weighted by molar-refractivity contribution is 5.76. The standard InChI is InChI=1S/C71H137NO5/c1-3-5-7-9-11-13-15-17-39-43-47-51-55-59-63-69(74)68(67-73)72-70(75)64-60-56-52-48-44-40-37-35-33-31-29-27-25-23-21-19-20-22-24-26-28-30-32-34-36-38-42-46-50-54-58-62-66-77-71(76)65-61-57-53-49-45-41-18-16-14-12-10-8-6-4-2/h16,18,59,63,68-69,73-74H,3-15,17,19-58,60-62,64-67H2,1-2H3,(H,72,75)/b18-16-,63-59+. The molecule has 0 fully saturated rings. The molecule has 0 aromatic carbocycles. The Morgan fingerprint density at radius 2 is 0.610 bits per heavy atom. The highest BCUT2D eigenvalue weighted by atomic mass is 16.5. The molecule has 0 rings (SSSR count). The molecule has 0 bridgehead atoms. The van der Waals surface area contributed by atoms with Crippen LogP contribution in [-0.4, -0.2) is 47.4 Å². The number of amides is 1. The maximum absolute atomic E-state index is 12.5. The van der Waals surface area contributed by atoms with Gasteiger partial charge in [0, 0.05) is 12.8 Å². The van der Waals surface area contributed by atoms with E-state index in [0.29, 0.717) is 19.4 Å². The highest BCUT2D eigenvalue weighted by Gasteiger charge is 2.18. The van der Waals surface area contributed by atoms with E-state index in [1.54, 1.807) is 6.08 Å². The summed E-state index contributed by atoms with van der Waals surface area (Å²) in [4.78, 5) is 24.5. The molecule has 0 saturated heterocycles. The number of carbonyl (C=O) groups excluding carboxylic acids is 2. The first-order valence-corrected chi connectivity index (χ1v) is 35.1. The van der Waals surface area contributed by atoms with Crippen molar-refractivity contribution in [3.05, 3.63) is 24.3 Å². The number of rotatable bonds is 66. The van der Waals surface area contributed by atoms with E-state index in [-0.39, 0.29) is 18.5 Å².